The van der Waals surface area contributed by atoms with Crippen molar-refractivity contribution in [2.24, 2.45) is 5.73 Å². The molecule has 18 heavy (non-hydrogen) atoms. The van der Waals surface area contributed by atoms with E-state index < -0.39 is 0 Å². The molecule has 0 radical (unpaired) electrons. The molecule has 2 N–H and O–H groups in total. The minimum Gasteiger partial charge on any atom is -0.492 e. The number of nitrogens with zero attached hydrogens (tertiary/aromatic N) is 1. The van der Waals surface area contributed by atoms with Crippen molar-refractivity contribution < 1.29 is 9.53 Å². The van der Waals surface area contributed by atoms with Gasteiger partial charge in [0.15, 0.2) is 0 Å². The fourth-order valence-corrected chi connectivity index (χ4v) is 2.15. The normalized spacial score (nSPS) is 15.5. The molecular weight excluding hydrogens is 228 g/mol. The molecule has 1 saturated heterocycles. The number of carbonyl (C=O) groups excluding carboxylic acids is 1. The number of piperidine rings is 1. The number of benzene rings is 1. The van der Waals surface area contributed by atoms with Gasteiger partial charge in [-0.05, 0) is 43.5 Å². The molecular formula is C14H20N2O2. The number of ether oxygens (including phenoxy) is 1. The molecule has 4 heteroatoms. The van der Waals surface area contributed by atoms with E-state index in [1.54, 1.807) is 0 Å². The fraction of sp³-hybridized carbons (Fsp3) is 0.500. The third-order valence-electron chi connectivity index (χ3n) is 3.13. The van der Waals surface area contributed by atoms with Crippen LogP contribution >= 0.6 is 0 Å². The van der Waals surface area contributed by atoms with Crippen LogP contribution in [0.5, 0.6) is 5.75 Å². The van der Waals surface area contributed by atoms with Crippen molar-refractivity contribution in [3.8, 4) is 5.75 Å². The van der Waals surface area contributed by atoms with Gasteiger partial charge >= 0.3 is 0 Å². The van der Waals surface area contributed by atoms with Gasteiger partial charge in [0.05, 0.1) is 0 Å². The van der Waals surface area contributed by atoms with Gasteiger partial charge in [-0.2, -0.15) is 0 Å². The molecule has 1 aromatic carbocycles. The lowest BCUT2D eigenvalue weighted by atomic mass is 10.1. The van der Waals surface area contributed by atoms with Gasteiger partial charge in [-0.3, -0.25) is 4.79 Å². The minimum atomic E-state index is 0.125. The molecule has 1 heterocycles. The maximum Gasteiger partial charge on any atom is 0.253 e. The lowest BCUT2D eigenvalue weighted by Gasteiger charge is -2.26. The Labute approximate surface area is 108 Å². The first kappa shape index (κ1) is 12.9. The molecule has 0 unspecified atom stereocenters. The largest absolute Gasteiger partial charge is 0.492 e. The molecule has 0 spiro atoms. The average molecular weight is 248 g/mol. The van der Waals surface area contributed by atoms with Gasteiger partial charge in [0.25, 0.3) is 5.91 Å². The van der Waals surface area contributed by atoms with Gasteiger partial charge in [-0.25, -0.2) is 0 Å². The predicted molar refractivity (Wildman–Crippen MR) is 70.7 cm³/mol. The number of likely N-dealkylation sites (tertiary alicyclic amines) is 1. The Bertz CT molecular complexity index is 383. The molecule has 1 aliphatic rings. The minimum absolute atomic E-state index is 0.125. The van der Waals surface area contributed by atoms with E-state index >= 15 is 0 Å². The molecule has 0 bridgehead atoms. The van der Waals surface area contributed by atoms with E-state index in [0.29, 0.717) is 13.2 Å². The van der Waals surface area contributed by atoms with Gasteiger partial charge in [-0.15, -0.1) is 0 Å². The highest BCUT2D eigenvalue weighted by atomic mass is 16.5. The van der Waals surface area contributed by atoms with Gasteiger partial charge < -0.3 is 15.4 Å². The lowest BCUT2D eigenvalue weighted by molar-refractivity contribution is 0.0724. The highest BCUT2D eigenvalue weighted by molar-refractivity contribution is 5.94. The van der Waals surface area contributed by atoms with Gasteiger partial charge in [-0.1, -0.05) is 0 Å². The van der Waals surface area contributed by atoms with Crippen molar-refractivity contribution in [3.05, 3.63) is 29.8 Å². The molecule has 0 aromatic heterocycles. The topological polar surface area (TPSA) is 55.6 Å². The molecule has 1 amide bonds. The Hall–Kier alpha value is -1.55. The quantitative estimate of drug-likeness (QED) is 0.881. The highest BCUT2D eigenvalue weighted by Gasteiger charge is 2.17. The molecule has 0 aliphatic carbocycles. The van der Waals surface area contributed by atoms with Crippen molar-refractivity contribution in [1.29, 1.82) is 0 Å². The van der Waals surface area contributed by atoms with E-state index in [2.05, 4.69) is 0 Å². The lowest BCUT2D eigenvalue weighted by Crippen LogP contribution is -2.35. The van der Waals surface area contributed by atoms with Gasteiger partial charge in [0.1, 0.15) is 12.4 Å². The Morgan fingerprint density at radius 2 is 1.83 bits per heavy atom. The van der Waals surface area contributed by atoms with Crippen LogP contribution in [0, 0.1) is 0 Å². The molecule has 1 fully saturated rings. The van der Waals surface area contributed by atoms with E-state index in [1.807, 2.05) is 29.2 Å². The average Bonchev–Trinajstić information content (AvgIpc) is 2.46. The zero-order valence-electron chi connectivity index (χ0n) is 10.6. The Balaban J connectivity index is 1.97. The summed E-state index contributed by atoms with van der Waals surface area (Å²) in [6.45, 7) is 2.75. The first-order valence-corrected chi connectivity index (χ1v) is 6.53. The number of nitrogens with two attached hydrogens (primary N) is 1. The molecule has 4 nitrogen and oxygen atoms in total. The number of hydrogen-bond donors (Lipinski definition) is 1. The summed E-state index contributed by atoms with van der Waals surface area (Å²) in [6, 6.07) is 7.30. The van der Waals surface area contributed by atoms with Crippen LogP contribution in [-0.4, -0.2) is 37.0 Å². The number of rotatable bonds is 4. The summed E-state index contributed by atoms with van der Waals surface area (Å²) in [4.78, 5) is 14.1. The third-order valence-corrected chi connectivity index (χ3v) is 3.13. The summed E-state index contributed by atoms with van der Waals surface area (Å²) in [7, 11) is 0. The van der Waals surface area contributed by atoms with Crippen LogP contribution in [-0.2, 0) is 0 Å². The maximum absolute atomic E-state index is 12.2. The summed E-state index contributed by atoms with van der Waals surface area (Å²) >= 11 is 0. The first-order valence-electron chi connectivity index (χ1n) is 6.53. The van der Waals surface area contributed by atoms with Crippen LogP contribution in [0.25, 0.3) is 0 Å². The fourth-order valence-electron chi connectivity index (χ4n) is 2.15. The Morgan fingerprint density at radius 3 is 2.44 bits per heavy atom. The van der Waals surface area contributed by atoms with Crippen LogP contribution < -0.4 is 10.5 Å². The number of hydrogen-bond acceptors (Lipinski definition) is 3. The number of carbonyl (C=O) groups is 1. The van der Waals surface area contributed by atoms with E-state index in [0.717, 1.165) is 37.2 Å². The third kappa shape index (κ3) is 3.23. The SMILES string of the molecule is NCCOc1ccc(C(=O)N2CCCCC2)cc1. The second-order valence-electron chi connectivity index (χ2n) is 4.51. The summed E-state index contributed by atoms with van der Waals surface area (Å²) in [6.07, 6.45) is 3.46. The van der Waals surface area contributed by atoms with Crippen molar-refractivity contribution in [3.63, 3.8) is 0 Å². The van der Waals surface area contributed by atoms with E-state index in [-0.39, 0.29) is 5.91 Å². The smallest absolute Gasteiger partial charge is 0.253 e. The van der Waals surface area contributed by atoms with Crippen LogP contribution in [0.1, 0.15) is 29.6 Å². The molecule has 2 rings (SSSR count). The van der Waals surface area contributed by atoms with Crippen LogP contribution in [0.4, 0.5) is 0 Å². The van der Waals surface area contributed by atoms with E-state index in [1.165, 1.54) is 6.42 Å². The summed E-state index contributed by atoms with van der Waals surface area (Å²) in [5.74, 6) is 0.885. The van der Waals surface area contributed by atoms with Crippen molar-refractivity contribution >= 4 is 5.91 Å². The predicted octanol–water partition coefficient (Wildman–Crippen LogP) is 1.65. The number of amides is 1. The van der Waals surface area contributed by atoms with Gasteiger partial charge in [0, 0.05) is 25.2 Å². The molecule has 0 atom stereocenters. The van der Waals surface area contributed by atoms with Crippen LogP contribution in [0.15, 0.2) is 24.3 Å². The van der Waals surface area contributed by atoms with Crippen LogP contribution in [0.2, 0.25) is 0 Å². The second-order valence-corrected chi connectivity index (χ2v) is 4.51. The maximum atomic E-state index is 12.2. The van der Waals surface area contributed by atoms with Crippen molar-refractivity contribution in [2.45, 2.75) is 19.3 Å². The standard InChI is InChI=1S/C14H20N2O2/c15-8-11-18-13-6-4-12(5-7-13)14(17)16-9-2-1-3-10-16/h4-7H,1-3,8-11,15H2. The second kappa shape index (κ2) is 6.40. The Kier molecular flexibility index (Phi) is 4.59. The van der Waals surface area contributed by atoms with E-state index in [9.17, 15) is 4.79 Å². The molecule has 1 aromatic rings. The van der Waals surface area contributed by atoms with Crippen molar-refractivity contribution in [1.82, 2.24) is 4.90 Å². The van der Waals surface area contributed by atoms with Gasteiger partial charge in [0.2, 0.25) is 0 Å². The molecule has 98 valence electrons. The summed E-state index contributed by atoms with van der Waals surface area (Å²) in [5, 5.41) is 0. The summed E-state index contributed by atoms with van der Waals surface area (Å²) < 4.78 is 5.39. The van der Waals surface area contributed by atoms with Crippen LogP contribution in [0.3, 0.4) is 0 Å². The zero-order chi connectivity index (χ0) is 12.8. The zero-order valence-corrected chi connectivity index (χ0v) is 10.6. The first-order chi connectivity index (χ1) is 8.81. The summed E-state index contributed by atoms with van der Waals surface area (Å²) in [5.41, 5.74) is 6.10. The monoisotopic (exact) mass is 248 g/mol. The van der Waals surface area contributed by atoms with E-state index in [4.69, 9.17) is 10.5 Å². The Morgan fingerprint density at radius 1 is 1.17 bits per heavy atom. The molecule has 0 saturated carbocycles. The van der Waals surface area contributed by atoms with Crippen molar-refractivity contribution in [2.75, 3.05) is 26.2 Å². The highest BCUT2D eigenvalue weighted by Crippen LogP contribution is 2.16. The molecule has 1 aliphatic heterocycles.